The summed E-state index contributed by atoms with van der Waals surface area (Å²) in [5.41, 5.74) is 2.85. The van der Waals surface area contributed by atoms with Crippen LogP contribution in [0.5, 0.6) is 5.75 Å². The molecule has 3 heterocycles. The number of aromatic nitrogens is 5. The first-order valence-electron chi connectivity index (χ1n) is 9.16. The van der Waals surface area contributed by atoms with Crippen molar-refractivity contribution < 1.29 is 4.74 Å². The Morgan fingerprint density at radius 2 is 1.79 bits per heavy atom. The molecular formula is C22H17N5O2. The molecule has 0 saturated carbocycles. The fraction of sp³-hybridized carbons (Fsp3) is 0.0909. The highest BCUT2D eigenvalue weighted by Crippen LogP contribution is 2.33. The number of nitrogens with zero attached hydrogens (tertiary/aromatic N) is 5. The van der Waals surface area contributed by atoms with Gasteiger partial charge in [-0.05, 0) is 23.8 Å². The summed E-state index contributed by atoms with van der Waals surface area (Å²) in [6, 6.07) is 19.3. The molecule has 0 aliphatic carbocycles. The number of pyridine rings is 1. The molecule has 0 radical (unpaired) electrons. The molecule has 3 aromatic heterocycles. The standard InChI is InChI=1S/C22H17N5O2/c1-29-18-10-6-5-9-16(18)20-19-17(25-22-23-14-24-27(20)22)11-12-26(21(19)28)13-15-7-3-2-4-8-15/h2-12,14H,13H2,1H3. The molecule has 0 spiro atoms. The SMILES string of the molecule is COc1ccccc1-c1c2c(=O)n(Cc3ccccc3)ccc2nc2ncnn12. The van der Waals surface area contributed by atoms with Crippen LogP contribution in [0.2, 0.25) is 0 Å². The lowest BCUT2D eigenvalue weighted by molar-refractivity contribution is 0.416. The molecule has 0 fully saturated rings. The maximum absolute atomic E-state index is 13.5. The van der Waals surface area contributed by atoms with Gasteiger partial charge < -0.3 is 9.30 Å². The van der Waals surface area contributed by atoms with E-state index in [0.29, 0.717) is 34.7 Å². The zero-order valence-electron chi connectivity index (χ0n) is 15.7. The van der Waals surface area contributed by atoms with E-state index in [-0.39, 0.29) is 5.56 Å². The summed E-state index contributed by atoms with van der Waals surface area (Å²) in [6.45, 7) is 0.469. The van der Waals surface area contributed by atoms with Gasteiger partial charge in [0.05, 0.1) is 30.3 Å². The summed E-state index contributed by atoms with van der Waals surface area (Å²) in [5.74, 6) is 1.08. The number of rotatable bonds is 4. The van der Waals surface area contributed by atoms with Crippen molar-refractivity contribution in [3.63, 3.8) is 0 Å². The van der Waals surface area contributed by atoms with Crippen LogP contribution < -0.4 is 10.3 Å². The van der Waals surface area contributed by atoms with Crippen molar-refractivity contribution in [2.75, 3.05) is 7.11 Å². The van der Waals surface area contributed by atoms with Gasteiger partial charge in [-0.1, -0.05) is 42.5 Å². The van der Waals surface area contributed by atoms with E-state index in [4.69, 9.17) is 4.74 Å². The number of para-hydroxylation sites is 1. The smallest absolute Gasteiger partial charge is 0.262 e. The zero-order valence-corrected chi connectivity index (χ0v) is 15.7. The number of hydrogen-bond acceptors (Lipinski definition) is 5. The maximum atomic E-state index is 13.5. The summed E-state index contributed by atoms with van der Waals surface area (Å²) < 4.78 is 8.82. The minimum Gasteiger partial charge on any atom is -0.496 e. The quantitative estimate of drug-likeness (QED) is 0.477. The van der Waals surface area contributed by atoms with Crippen LogP contribution in [0, 0.1) is 0 Å². The second kappa shape index (κ2) is 6.87. The lowest BCUT2D eigenvalue weighted by Crippen LogP contribution is -2.22. The van der Waals surface area contributed by atoms with Crippen molar-refractivity contribution in [1.82, 2.24) is 24.1 Å². The molecule has 0 saturated heterocycles. The van der Waals surface area contributed by atoms with E-state index in [1.165, 1.54) is 6.33 Å². The van der Waals surface area contributed by atoms with Gasteiger partial charge in [-0.25, -0.2) is 4.98 Å². The van der Waals surface area contributed by atoms with Crippen molar-refractivity contribution >= 4 is 16.7 Å². The van der Waals surface area contributed by atoms with Crippen LogP contribution in [-0.4, -0.2) is 31.3 Å². The highest BCUT2D eigenvalue weighted by atomic mass is 16.5. The summed E-state index contributed by atoms with van der Waals surface area (Å²) in [4.78, 5) is 22.3. The Morgan fingerprint density at radius 1 is 1.00 bits per heavy atom. The summed E-state index contributed by atoms with van der Waals surface area (Å²) in [6.07, 6.45) is 3.20. The second-order valence-corrected chi connectivity index (χ2v) is 6.63. The van der Waals surface area contributed by atoms with E-state index >= 15 is 0 Å². The van der Waals surface area contributed by atoms with Gasteiger partial charge >= 0.3 is 0 Å². The fourth-order valence-electron chi connectivity index (χ4n) is 3.56. The number of benzene rings is 2. The van der Waals surface area contributed by atoms with Gasteiger partial charge in [0, 0.05) is 11.8 Å². The van der Waals surface area contributed by atoms with Crippen LogP contribution in [-0.2, 0) is 6.54 Å². The van der Waals surface area contributed by atoms with Crippen molar-refractivity contribution in [2.45, 2.75) is 6.54 Å². The second-order valence-electron chi connectivity index (χ2n) is 6.63. The van der Waals surface area contributed by atoms with E-state index in [1.54, 1.807) is 22.4 Å². The highest BCUT2D eigenvalue weighted by Gasteiger charge is 2.19. The van der Waals surface area contributed by atoms with E-state index in [0.717, 1.165) is 11.1 Å². The Morgan fingerprint density at radius 3 is 2.62 bits per heavy atom. The first-order valence-corrected chi connectivity index (χ1v) is 9.16. The molecule has 2 aromatic carbocycles. The van der Waals surface area contributed by atoms with Crippen molar-refractivity contribution in [1.29, 1.82) is 0 Å². The highest BCUT2D eigenvalue weighted by molar-refractivity contribution is 5.94. The largest absolute Gasteiger partial charge is 0.496 e. The number of fused-ring (bicyclic) bond motifs is 2. The van der Waals surface area contributed by atoms with Crippen molar-refractivity contribution in [3.8, 4) is 17.0 Å². The lowest BCUT2D eigenvalue weighted by Gasteiger charge is -2.13. The van der Waals surface area contributed by atoms with Crippen LogP contribution in [0.3, 0.4) is 0 Å². The third-order valence-electron chi connectivity index (χ3n) is 4.90. The van der Waals surface area contributed by atoms with Gasteiger partial charge in [-0.3, -0.25) is 4.79 Å². The van der Waals surface area contributed by atoms with E-state index < -0.39 is 0 Å². The average Bonchev–Trinajstić information content (AvgIpc) is 3.23. The first kappa shape index (κ1) is 17.1. The first-order chi connectivity index (χ1) is 14.3. The van der Waals surface area contributed by atoms with Crippen LogP contribution >= 0.6 is 0 Å². The third-order valence-corrected chi connectivity index (χ3v) is 4.90. The molecule has 0 unspecified atom stereocenters. The maximum Gasteiger partial charge on any atom is 0.262 e. The number of ether oxygens (including phenoxy) is 1. The van der Waals surface area contributed by atoms with Crippen molar-refractivity contribution in [2.24, 2.45) is 0 Å². The predicted molar refractivity (Wildman–Crippen MR) is 110 cm³/mol. The van der Waals surface area contributed by atoms with E-state index in [2.05, 4.69) is 15.1 Å². The number of methoxy groups -OCH3 is 1. The molecule has 7 nitrogen and oxygen atoms in total. The molecular weight excluding hydrogens is 366 g/mol. The molecule has 142 valence electrons. The molecule has 0 aliphatic rings. The van der Waals surface area contributed by atoms with Crippen LogP contribution in [0.15, 0.2) is 78.0 Å². The Hall–Kier alpha value is -4.00. The predicted octanol–water partition coefficient (Wildman–Crippen LogP) is 3.16. The Balaban J connectivity index is 1.84. The van der Waals surface area contributed by atoms with Gasteiger partial charge in [-0.15, -0.1) is 0 Å². The van der Waals surface area contributed by atoms with Gasteiger partial charge in [0.15, 0.2) is 0 Å². The van der Waals surface area contributed by atoms with Crippen LogP contribution in [0.25, 0.3) is 27.9 Å². The molecule has 0 amide bonds. The number of hydrogen-bond donors (Lipinski definition) is 0. The molecule has 29 heavy (non-hydrogen) atoms. The van der Waals surface area contributed by atoms with Crippen LogP contribution in [0.4, 0.5) is 0 Å². The molecule has 0 bridgehead atoms. The Labute approximate surface area is 165 Å². The summed E-state index contributed by atoms with van der Waals surface area (Å²) >= 11 is 0. The normalized spacial score (nSPS) is 11.2. The molecule has 0 aliphatic heterocycles. The van der Waals surface area contributed by atoms with Gasteiger partial charge in [-0.2, -0.15) is 14.6 Å². The zero-order chi connectivity index (χ0) is 19.8. The van der Waals surface area contributed by atoms with E-state index in [9.17, 15) is 4.79 Å². The molecule has 5 aromatic rings. The minimum absolute atomic E-state index is 0.142. The fourth-order valence-corrected chi connectivity index (χ4v) is 3.56. The van der Waals surface area contributed by atoms with Crippen LogP contribution in [0.1, 0.15) is 5.56 Å². The monoisotopic (exact) mass is 383 g/mol. The lowest BCUT2D eigenvalue weighted by atomic mass is 10.1. The summed E-state index contributed by atoms with van der Waals surface area (Å²) in [5, 5.41) is 4.79. The summed E-state index contributed by atoms with van der Waals surface area (Å²) in [7, 11) is 1.61. The van der Waals surface area contributed by atoms with E-state index in [1.807, 2.05) is 60.7 Å². The van der Waals surface area contributed by atoms with Gasteiger partial charge in [0.2, 0.25) is 0 Å². The molecule has 0 atom stereocenters. The van der Waals surface area contributed by atoms with Crippen molar-refractivity contribution in [3.05, 3.63) is 89.1 Å². The Kier molecular flexibility index (Phi) is 4.05. The van der Waals surface area contributed by atoms with Gasteiger partial charge in [0.1, 0.15) is 12.1 Å². The minimum atomic E-state index is -0.142. The third kappa shape index (κ3) is 2.84. The topological polar surface area (TPSA) is 74.3 Å². The average molecular weight is 383 g/mol. The van der Waals surface area contributed by atoms with Gasteiger partial charge in [0.25, 0.3) is 11.3 Å². The molecule has 7 heteroatoms. The molecule has 5 rings (SSSR count). The Bertz CT molecular complexity index is 1390. The molecule has 0 N–H and O–H groups in total.